The van der Waals surface area contributed by atoms with E-state index in [1.54, 1.807) is 0 Å². The number of primary amides is 1. The normalized spacial score (nSPS) is 11.8. The van der Waals surface area contributed by atoms with Gasteiger partial charge in [-0.1, -0.05) is 30.3 Å². The molecule has 0 aliphatic rings. The molecule has 0 radical (unpaired) electrons. The van der Waals surface area contributed by atoms with Crippen LogP contribution in [0.3, 0.4) is 0 Å². The van der Waals surface area contributed by atoms with Crippen LogP contribution in [0.15, 0.2) is 30.3 Å². The third kappa shape index (κ3) is 6.00. The Bertz CT molecular complexity index is 392. The molecule has 5 heteroatoms. The van der Waals surface area contributed by atoms with Crippen molar-refractivity contribution in [1.29, 1.82) is 0 Å². The Kier molecular flexibility index (Phi) is 5.87. The van der Waals surface area contributed by atoms with Crippen molar-refractivity contribution in [2.24, 2.45) is 5.73 Å². The average molecular weight is 249 g/mol. The molecule has 0 saturated heterocycles. The van der Waals surface area contributed by atoms with Gasteiger partial charge in [0.15, 0.2) is 0 Å². The number of carbonyl (C=O) groups is 2. The van der Waals surface area contributed by atoms with Crippen LogP contribution in [-0.2, 0) is 11.2 Å². The summed E-state index contributed by atoms with van der Waals surface area (Å²) in [7, 11) is 0. The summed E-state index contributed by atoms with van der Waals surface area (Å²) in [4.78, 5) is 21.6. The lowest BCUT2D eigenvalue weighted by Crippen LogP contribution is -2.42. The molecular weight excluding hydrogens is 230 g/mol. The van der Waals surface area contributed by atoms with Crippen LogP contribution in [0.25, 0.3) is 0 Å². The monoisotopic (exact) mass is 249 g/mol. The van der Waals surface area contributed by atoms with Gasteiger partial charge in [0.05, 0.1) is 6.54 Å². The topological polar surface area (TPSA) is 84.2 Å². The van der Waals surface area contributed by atoms with Gasteiger partial charge in [-0.15, -0.1) is 0 Å². The summed E-state index contributed by atoms with van der Waals surface area (Å²) < 4.78 is 0. The summed E-state index contributed by atoms with van der Waals surface area (Å²) in [5, 5.41) is 5.05. The standard InChI is InChI=1S/C13H19N3O2/c1-10(15-9-12(17)16-13(14)18)7-8-11-5-3-2-4-6-11/h2-6,10,15H,7-9H2,1H3,(H3,14,16,17,18). The van der Waals surface area contributed by atoms with Gasteiger partial charge in [0, 0.05) is 6.04 Å². The van der Waals surface area contributed by atoms with Crippen molar-refractivity contribution in [3.05, 3.63) is 35.9 Å². The summed E-state index contributed by atoms with van der Waals surface area (Å²) in [5.74, 6) is -0.408. The van der Waals surface area contributed by atoms with Crippen molar-refractivity contribution < 1.29 is 9.59 Å². The second-order valence-electron chi connectivity index (χ2n) is 4.22. The Morgan fingerprint density at radius 2 is 1.94 bits per heavy atom. The van der Waals surface area contributed by atoms with Crippen LogP contribution >= 0.6 is 0 Å². The Morgan fingerprint density at radius 3 is 2.56 bits per heavy atom. The molecule has 0 aliphatic carbocycles. The molecule has 5 nitrogen and oxygen atoms in total. The number of imide groups is 1. The second-order valence-corrected chi connectivity index (χ2v) is 4.22. The van der Waals surface area contributed by atoms with Crippen LogP contribution in [0.4, 0.5) is 4.79 Å². The largest absolute Gasteiger partial charge is 0.351 e. The van der Waals surface area contributed by atoms with Gasteiger partial charge in [-0.25, -0.2) is 4.79 Å². The lowest BCUT2D eigenvalue weighted by Gasteiger charge is -2.13. The SMILES string of the molecule is CC(CCc1ccccc1)NCC(=O)NC(N)=O. The van der Waals surface area contributed by atoms with Crippen LogP contribution < -0.4 is 16.4 Å². The molecule has 98 valence electrons. The first kappa shape index (κ1) is 14.2. The number of hydrogen-bond donors (Lipinski definition) is 3. The molecule has 0 fully saturated rings. The highest BCUT2D eigenvalue weighted by atomic mass is 16.2. The van der Waals surface area contributed by atoms with E-state index in [-0.39, 0.29) is 12.6 Å². The predicted molar refractivity (Wildman–Crippen MR) is 70.0 cm³/mol. The number of urea groups is 1. The number of nitrogens with two attached hydrogens (primary N) is 1. The van der Waals surface area contributed by atoms with Crippen molar-refractivity contribution in [3.8, 4) is 0 Å². The minimum Gasteiger partial charge on any atom is -0.351 e. The molecule has 0 saturated carbocycles. The van der Waals surface area contributed by atoms with Crippen LogP contribution in [0.2, 0.25) is 0 Å². The molecular formula is C13H19N3O2. The quantitative estimate of drug-likeness (QED) is 0.697. The fraction of sp³-hybridized carbons (Fsp3) is 0.385. The second kappa shape index (κ2) is 7.45. The zero-order valence-corrected chi connectivity index (χ0v) is 10.5. The van der Waals surface area contributed by atoms with Gasteiger partial charge in [-0.3, -0.25) is 10.1 Å². The van der Waals surface area contributed by atoms with E-state index >= 15 is 0 Å². The maximum absolute atomic E-state index is 11.2. The summed E-state index contributed by atoms with van der Waals surface area (Å²) in [6, 6.07) is 9.53. The predicted octanol–water partition coefficient (Wildman–Crippen LogP) is 0.792. The van der Waals surface area contributed by atoms with Gasteiger partial charge < -0.3 is 11.1 Å². The number of hydrogen-bond acceptors (Lipinski definition) is 3. The van der Waals surface area contributed by atoms with Crippen LogP contribution in [-0.4, -0.2) is 24.5 Å². The molecule has 1 atom stereocenters. The van der Waals surface area contributed by atoms with E-state index < -0.39 is 11.9 Å². The van der Waals surface area contributed by atoms with Crippen LogP contribution in [0.5, 0.6) is 0 Å². The average Bonchev–Trinajstić information content (AvgIpc) is 2.34. The Hall–Kier alpha value is -1.88. The van der Waals surface area contributed by atoms with E-state index in [0.29, 0.717) is 0 Å². The molecule has 1 unspecified atom stereocenters. The Balaban J connectivity index is 2.20. The van der Waals surface area contributed by atoms with Crippen molar-refractivity contribution in [1.82, 2.24) is 10.6 Å². The smallest absolute Gasteiger partial charge is 0.318 e. The lowest BCUT2D eigenvalue weighted by atomic mass is 10.1. The van der Waals surface area contributed by atoms with Crippen molar-refractivity contribution in [2.45, 2.75) is 25.8 Å². The van der Waals surface area contributed by atoms with E-state index in [4.69, 9.17) is 5.73 Å². The maximum Gasteiger partial charge on any atom is 0.318 e. The first-order valence-electron chi connectivity index (χ1n) is 5.94. The minimum atomic E-state index is -0.821. The first-order chi connectivity index (χ1) is 8.58. The number of benzene rings is 1. The minimum absolute atomic E-state index is 0.0961. The van der Waals surface area contributed by atoms with Gasteiger partial charge in [-0.05, 0) is 25.3 Å². The molecule has 1 rings (SSSR count). The zero-order valence-electron chi connectivity index (χ0n) is 10.5. The molecule has 0 spiro atoms. The number of amides is 3. The summed E-state index contributed by atoms with van der Waals surface area (Å²) in [6.07, 6.45) is 1.88. The van der Waals surface area contributed by atoms with Gasteiger partial charge in [-0.2, -0.15) is 0 Å². The third-order valence-corrected chi connectivity index (χ3v) is 2.58. The van der Waals surface area contributed by atoms with E-state index in [2.05, 4.69) is 17.4 Å². The maximum atomic E-state index is 11.2. The highest BCUT2D eigenvalue weighted by Crippen LogP contribution is 2.04. The molecule has 0 aliphatic heterocycles. The fourth-order valence-corrected chi connectivity index (χ4v) is 1.58. The van der Waals surface area contributed by atoms with Gasteiger partial charge in [0.1, 0.15) is 0 Å². The van der Waals surface area contributed by atoms with Crippen molar-refractivity contribution in [2.75, 3.05) is 6.54 Å². The molecule has 0 bridgehead atoms. The molecule has 1 aromatic carbocycles. The van der Waals surface area contributed by atoms with E-state index in [1.165, 1.54) is 5.56 Å². The number of nitrogens with one attached hydrogen (secondary N) is 2. The van der Waals surface area contributed by atoms with Gasteiger partial charge >= 0.3 is 6.03 Å². The third-order valence-electron chi connectivity index (χ3n) is 2.58. The Labute approximate surface area is 107 Å². The molecule has 18 heavy (non-hydrogen) atoms. The molecule has 0 heterocycles. The molecule has 0 aromatic heterocycles. The lowest BCUT2D eigenvalue weighted by molar-refractivity contribution is -0.119. The fourth-order valence-electron chi connectivity index (χ4n) is 1.58. The molecule has 1 aromatic rings. The Morgan fingerprint density at radius 1 is 1.28 bits per heavy atom. The van der Waals surface area contributed by atoms with Crippen molar-refractivity contribution >= 4 is 11.9 Å². The summed E-state index contributed by atoms with van der Waals surface area (Å²) in [5.41, 5.74) is 6.11. The summed E-state index contributed by atoms with van der Waals surface area (Å²) in [6.45, 7) is 2.10. The van der Waals surface area contributed by atoms with Gasteiger partial charge in [0.2, 0.25) is 5.91 Å². The van der Waals surface area contributed by atoms with Crippen LogP contribution in [0.1, 0.15) is 18.9 Å². The zero-order chi connectivity index (χ0) is 13.4. The number of rotatable bonds is 6. The van der Waals surface area contributed by atoms with E-state index in [0.717, 1.165) is 12.8 Å². The van der Waals surface area contributed by atoms with Gasteiger partial charge in [0.25, 0.3) is 0 Å². The highest BCUT2D eigenvalue weighted by molar-refractivity contribution is 5.94. The highest BCUT2D eigenvalue weighted by Gasteiger charge is 2.07. The first-order valence-corrected chi connectivity index (χ1v) is 5.94. The summed E-state index contributed by atoms with van der Waals surface area (Å²) >= 11 is 0. The molecule has 3 amide bonds. The van der Waals surface area contributed by atoms with E-state index in [9.17, 15) is 9.59 Å². The number of carbonyl (C=O) groups excluding carboxylic acids is 2. The number of aryl methyl sites for hydroxylation is 1. The van der Waals surface area contributed by atoms with E-state index in [1.807, 2.05) is 30.4 Å². The molecule has 4 N–H and O–H groups in total. The van der Waals surface area contributed by atoms with Crippen molar-refractivity contribution in [3.63, 3.8) is 0 Å². The van der Waals surface area contributed by atoms with Crippen LogP contribution in [0, 0.1) is 0 Å².